The van der Waals surface area contributed by atoms with E-state index in [1.807, 2.05) is 0 Å². The fraction of sp³-hybridized carbons (Fsp3) is 0.857. The smallest absolute Gasteiger partial charge is 0.312 e. The Morgan fingerprint density at radius 2 is 1.65 bits per heavy atom. The molecule has 0 aromatic heterocycles. The van der Waals surface area contributed by atoms with E-state index < -0.39 is 42.4 Å². The predicted octanol–water partition coefficient (Wildman–Crippen LogP) is 3.04. The molecule has 4 atom stereocenters. The quantitative estimate of drug-likeness (QED) is 0.734. The van der Waals surface area contributed by atoms with Crippen LogP contribution in [0.1, 0.15) is 38.5 Å². The third-order valence-corrected chi connectivity index (χ3v) is 4.17. The minimum atomic E-state index is -1.64. The summed E-state index contributed by atoms with van der Waals surface area (Å²) >= 11 is 0. The number of nitriles is 1. The van der Waals surface area contributed by atoms with E-state index in [0.717, 1.165) is 12.8 Å². The molecule has 4 unspecified atom stereocenters. The van der Waals surface area contributed by atoms with Gasteiger partial charge in [0.1, 0.15) is 30.5 Å². The van der Waals surface area contributed by atoms with Gasteiger partial charge < -0.3 is 4.74 Å². The summed E-state index contributed by atoms with van der Waals surface area (Å²) in [6.07, 6.45) is -3.52. The summed E-state index contributed by atoms with van der Waals surface area (Å²) < 4.78 is 45.9. The Labute approximate surface area is 116 Å². The van der Waals surface area contributed by atoms with Crippen LogP contribution in [-0.4, -0.2) is 30.6 Å². The number of halogens is 3. The van der Waals surface area contributed by atoms with Crippen LogP contribution in [0.25, 0.3) is 0 Å². The van der Waals surface area contributed by atoms with Crippen molar-refractivity contribution in [3.63, 3.8) is 0 Å². The molecule has 0 radical (unpaired) electrons. The number of hydrogen-bond donors (Lipinski definition) is 0. The van der Waals surface area contributed by atoms with Crippen LogP contribution in [0.4, 0.5) is 13.2 Å². The van der Waals surface area contributed by atoms with Crippen LogP contribution in [0.5, 0.6) is 0 Å². The molecule has 0 amide bonds. The van der Waals surface area contributed by atoms with Crippen LogP contribution >= 0.6 is 0 Å². The number of alkyl halides is 3. The molecule has 3 nitrogen and oxygen atoms in total. The molecule has 2 aliphatic rings. The van der Waals surface area contributed by atoms with Gasteiger partial charge in [0, 0.05) is 12.8 Å². The normalized spacial score (nSPS) is 41.7. The van der Waals surface area contributed by atoms with Crippen molar-refractivity contribution in [2.45, 2.75) is 63.1 Å². The first kappa shape index (κ1) is 15.1. The number of carbonyl (C=O) groups is 1. The van der Waals surface area contributed by atoms with Crippen LogP contribution in [0.2, 0.25) is 0 Å². The lowest BCUT2D eigenvalue weighted by molar-refractivity contribution is -0.162. The monoisotopic (exact) mass is 289 g/mol. The molecule has 0 N–H and O–H groups in total. The molecule has 0 aromatic carbocycles. The topological polar surface area (TPSA) is 50.1 Å². The highest BCUT2D eigenvalue weighted by Crippen LogP contribution is 2.33. The van der Waals surface area contributed by atoms with Gasteiger partial charge in [-0.15, -0.1) is 0 Å². The van der Waals surface area contributed by atoms with Gasteiger partial charge in [-0.25, -0.2) is 13.2 Å². The van der Waals surface area contributed by atoms with Crippen molar-refractivity contribution in [3.8, 4) is 6.07 Å². The molecular formula is C14H18F3NO2. The maximum absolute atomic E-state index is 13.6. The first-order valence-corrected chi connectivity index (χ1v) is 7.05. The van der Waals surface area contributed by atoms with Crippen molar-refractivity contribution in [3.05, 3.63) is 0 Å². The van der Waals surface area contributed by atoms with E-state index in [4.69, 9.17) is 10.00 Å². The van der Waals surface area contributed by atoms with Crippen LogP contribution in [0, 0.1) is 23.2 Å². The SMILES string of the molecule is N#CC1C(F)CC(OC(=O)C2CCCCC2F)CC1F. The van der Waals surface area contributed by atoms with Gasteiger partial charge >= 0.3 is 5.97 Å². The van der Waals surface area contributed by atoms with E-state index in [-0.39, 0.29) is 12.8 Å². The van der Waals surface area contributed by atoms with E-state index in [2.05, 4.69) is 0 Å². The molecule has 112 valence electrons. The first-order valence-electron chi connectivity index (χ1n) is 7.05. The number of ether oxygens (including phenoxy) is 1. The molecule has 2 aliphatic carbocycles. The lowest BCUT2D eigenvalue weighted by Gasteiger charge is -2.32. The Kier molecular flexibility index (Phi) is 4.90. The third kappa shape index (κ3) is 3.25. The summed E-state index contributed by atoms with van der Waals surface area (Å²) in [5.41, 5.74) is 0. The lowest BCUT2D eigenvalue weighted by Crippen LogP contribution is -2.41. The summed E-state index contributed by atoms with van der Waals surface area (Å²) in [5, 5.41) is 8.65. The van der Waals surface area contributed by atoms with Crippen molar-refractivity contribution in [1.82, 2.24) is 0 Å². The van der Waals surface area contributed by atoms with Crippen molar-refractivity contribution in [2.24, 2.45) is 11.8 Å². The highest BCUT2D eigenvalue weighted by atomic mass is 19.1. The summed E-state index contributed by atoms with van der Waals surface area (Å²) in [6.45, 7) is 0. The summed E-state index contributed by atoms with van der Waals surface area (Å²) in [5.74, 6) is -2.81. The van der Waals surface area contributed by atoms with Crippen molar-refractivity contribution in [1.29, 1.82) is 5.26 Å². The lowest BCUT2D eigenvalue weighted by atomic mass is 9.84. The summed E-state index contributed by atoms with van der Waals surface area (Å²) in [4.78, 5) is 11.9. The van der Waals surface area contributed by atoms with Crippen LogP contribution in [0.3, 0.4) is 0 Å². The Morgan fingerprint density at radius 3 is 2.20 bits per heavy atom. The molecule has 2 saturated carbocycles. The van der Waals surface area contributed by atoms with E-state index in [1.165, 1.54) is 0 Å². The van der Waals surface area contributed by atoms with Crippen molar-refractivity contribution >= 4 is 5.97 Å². The standard InChI is InChI=1S/C14H18F3NO2/c15-11-4-2-1-3-9(11)14(19)20-8-5-12(16)10(7-18)13(17)6-8/h8-13H,1-6H2. The molecular weight excluding hydrogens is 271 g/mol. The van der Waals surface area contributed by atoms with Crippen LogP contribution in [-0.2, 0) is 9.53 Å². The van der Waals surface area contributed by atoms with E-state index in [1.54, 1.807) is 6.07 Å². The van der Waals surface area contributed by atoms with E-state index in [9.17, 15) is 18.0 Å². The fourth-order valence-corrected chi connectivity index (χ4v) is 2.98. The molecule has 0 heterocycles. The summed E-state index contributed by atoms with van der Waals surface area (Å²) in [6, 6.07) is 1.60. The van der Waals surface area contributed by atoms with E-state index in [0.29, 0.717) is 12.8 Å². The molecule has 0 saturated heterocycles. The summed E-state index contributed by atoms with van der Waals surface area (Å²) in [7, 11) is 0. The zero-order chi connectivity index (χ0) is 14.7. The minimum absolute atomic E-state index is 0.186. The molecule has 0 aromatic rings. The molecule has 0 spiro atoms. The van der Waals surface area contributed by atoms with Gasteiger partial charge in [0.05, 0.1) is 12.0 Å². The van der Waals surface area contributed by atoms with Gasteiger partial charge in [0.15, 0.2) is 0 Å². The van der Waals surface area contributed by atoms with Gasteiger partial charge in [-0.3, -0.25) is 4.79 Å². The maximum Gasteiger partial charge on any atom is 0.312 e. The number of carbonyl (C=O) groups excluding carboxylic acids is 1. The number of rotatable bonds is 2. The molecule has 0 bridgehead atoms. The zero-order valence-electron chi connectivity index (χ0n) is 11.1. The van der Waals surface area contributed by atoms with Gasteiger partial charge in [0.2, 0.25) is 0 Å². The maximum atomic E-state index is 13.6. The van der Waals surface area contributed by atoms with E-state index >= 15 is 0 Å². The molecule has 6 heteroatoms. The molecule has 2 fully saturated rings. The van der Waals surface area contributed by atoms with Crippen LogP contribution < -0.4 is 0 Å². The average Bonchev–Trinajstić information content (AvgIpc) is 2.38. The minimum Gasteiger partial charge on any atom is -0.462 e. The second kappa shape index (κ2) is 6.47. The second-order valence-electron chi connectivity index (χ2n) is 5.62. The van der Waals surface area contributed by atoms with Gasteiger partial charge in [0.25, 0.3) is 0 Å². The fourth-order valence-electron chi connectivity index (χ4n) is 2.98. The second-order valence-corrected chi connectivity index (χ2v) is 5.62. The average molecular weight is 289 g/mol. The first-order chi connectivity index (χ1) is 9.52. The predicted molar refractivity (Wildman–Crippen MR) is 64.9 cm³/mol. The Hall–Kier alpha value is -1.25. The van der Waals surface area contributed by atoms with Gasteiger partial charge in [-0.2, -0.15) is 5.26 Å². The van der Waals surface area contributed by atoms with Crippen molar-refractivity contribution < 1.29 is 22.7 Å². The number of nitrogens with zero attached hydrogens (tertiary/aromatic N) is 1. The highest BCUT2D eigenvalue weighted by molar-refractivity contribution is 5.73. The van der Waals surface area contributed by atoms with Gasteiger partial charge in [-0.05, 0) is 12.8 Å². The Morgan fingerprint density at radius 1 is 1.05 bits per heavy atom. The number of esters is 1. The highest BCUT2D eigenvalue weighted by Gasteiger charge is 2.41. The molecule has 0 aliphatic heterocycles. The molecule has 20 heavy (non-hydrogen) atoms. The molecule has 2 rings (SSSR count). The van der Waals surface area contributed by atoms with Crippen LogP contribution in [0.15, 0.2) is 0 Å². The van der Waals surface area contributed by atoms with Crippen molar-refractivity contribution in [2.75, 3.05) is 0 Å². The Bertz CT molecular complexity index is 386. The number of hydrogen-bond acceptors (Lipinski definition) is 3. The van der Waals surface area contributed by atoms with Gasteiger partial charge in [-0.1, -0.05) is 12.8 Å². The zero-order valence-corrected chi connectivity index (χ0v) is 11.1. The Balaban J connectivity index is 1.90. The largest absolute Gasteiger partial charge is 0.462 e. The third-order valence-electron chi connectivity index (χ3n) is 4.17.